The molecule has 0 spiro atoms. The fourth-order valence-electron chi connectivity index (χ4n) is 4.98. The first kappa shape index (κ1) is 23.1. The summed E-state index contributed by atoms with van der Waals surface area (Å²) in [7, 11) is 0. The molecule has 180 valence electrons. The summed E-state index contributed by atoms with van der Waals surface area (Å²) < 4.78 is 20.2. The van der Waals surface area contributed by atoms with E-state index < -0.39 is 11.2 Å². The molecule has 0 unspecified atom stereocenters. The van der Waals surface area contributed by atoms with E-state index >= 15 is 0 Å². The predicted molar refractivity (Wildman–Crippen MR) is 128 cm³/mol. The van der Waals surface area contributed by atoms with Crippen LogP contribution >= 0.6 is 0 Å². The molecule has 2 aliphatic rings. The van der Waals surface area contributed by atoms with Crippen LogP contribution in [-0.4, -0.2) is 57.7 Å². The van der Waals surface area contributed by atoms with E-state index in [2.05, 4.69) is 26.3 Å². The van der Waals surface area contributed by atoms with Crippen molar-refractivity contribution in [3.05, 3.63) is 72.2 Å². The number of halogens is 1. The normalized spacial score (nSPS) is 22.9. The van der Waals surface area contributed by atoms with Crippen LogP contribution in [0, 0.1) is 17.1 Å². The molecule has 2 fully saturated rings. The summed E-state index contributed by atoms with van der Waals surface area (Å²) in [6.07, 6.45) is 9.55. The van der Waals surface area contributed by atoms with Crippen molar-refractivity contribution in [1.29, 1.82) is 5.26 Å². The standard InChI is InChI=1S/C26H27FN6O2/c27-20-1-4-24(30-15-20)33-10-7-19(17-33)25(34)31-21-2-3-23(29-16-21)26(18-28)8-5-22(6-9-26)32-11-13-35-14-12-32/h1-4,7,10,15-17,22H,5-6,8-9,11-14H2,(H,31,34)/t22-,26-. The van der Waals surface area contributed by atoms with Gasteiger partial charge >= 0.3 is 0 Å². The minimum atomic E-state index is -0.593. The van der Waals surface area contributed by atoms with Gasteiger partial charge in [-0.05, 0) is 56.0 Å². The summed E-state index contributed by atoms with van der Waals surface area (Å²) in [6, 6.07) is 11.2. The van der Waals surface area contributed by atoms with Gasteiger partial charge in [-0.15, -0.1) is 0 Å². The van der Waals surface area contributed by atoms with E-state index in [1.54, 1.807) is 41.4 Å². The van der Waals surface area contributed by atoms with Crippen molar-refractivity contribution >= 4 is 11.6 Å². The van der Waals surface area contributed by atoms with Crippen molar-refractivity contribution in [3.63, 3.8) is 0 Å². The summed E-state index contributed by atoms with van der Waals surface area (Å²) in [5.41, 5.74) is 1.16. The zero-order valence-electron chi connectivity index (χ0n) is 19.4. The third-order valence-electron chi connectivity index (χ3n) is 7.03. The minimum absolute atomic E-state index is 0.290. The number of aromatic nitrogens is 3. The van der Waals surface area contributed by atoms with Crippen LogP contribution in [0.2, 0.25) is 0 Å². The van der Waals surface area contributed by atoms with Crippen molar-refractivity contribution in [3.8, 4) is 11.9 Å². The lowest BCUT2D eigenvalue weighted by Crippen LogP contribution is -2.47. The highest BCUT2D eigenvalue weighted by molar-refractivity contribution is 6.04. The van der Waals surface area contributed by atoms with E-state index in [9.17, 15) is 14.4 Å². The van der Waals surface area contributed by atoms with Gasteiger partial charge in [0.1, 0.15) is 11.6 Å². The Morgan fingerprint density at radius 3 is 2.57 bits per heavy atom. The van der Waals surface area contributed by atoms with Gasteiger partial charge in [-0.3, -0.25) is 14.7 Å². The topological polar surface area (TPSA) is 96.1 Å². The summed E-state index contributed by atoms with van der Waals surface area (Å²) in [5.74, 6) is -0.193. The van der Waals surface area contributed by atoms with E-state index in [1.165, 1.54) is 6.07 Å². The Morgan fingerprint density at radius 2 is 1.91 bits per heavy atom. The van der Waals surface area contributed by atoms with Crippen molar-refractivity contribution in [2.45, 2.75) is 37.1 Å². The lowest BCUT2D eigenvalue weighted by atomic mass is 9.71. The van der Waals surface area contributed by atoms with Gasteiger partial charge in [0, 0.05) is 31.5 Å². The third kappa shape index (κ3) is 4.94. The van der Waals surface area contributed by atoms with Crippen LogP contribution in [0.1, 0.15) is 41.7 Å². The average Bonchev–Trinajstić information content (AvgIpc) is 3.41. The molecule has 1 N–H and O–H groups in total. The van der Waals surface area contributed by atoms with E-state index in [-0.39, 0.29) is 5.91 Å². The SMILES string of the molecule is N#C[C@]1(c2ccc(NC(=O)c3ccn(-c4ccc(F)cn4)c3)cn2)CC[C@H](N2CCOCC2)CC1. The number of carbonyl (C=O) groups excluding carboxylic acids is 1. The average molecular weight is 475 g/mol. The van der Waals surface area contributed by atoms with Crippen LogP contribution in [0.25, 0.3) is 5.82 Å². The second-order valence-corrected chi connectivity index (χ2v) is 9.10. The summed E-state index contributed by atoms with van der Waals surface area (Å²) in [5, 5.41) is 12.9. The molecule has 8 nitrogen and oxygen atoms in total. The van der Waals surface area contributed by atoms with Crippen LogP contribution in [0.4, 0.5) is 10.1 Å². The van der Waals surface area contributed by atoms with Gasteiger partial charge < -0.3 is 14.6 Å². The Hall–Kier alpha value is -3.61. The number of hydrogen-bond donors (Lipinski definition) is 1. The molecule has 1 saturated carbocycles. The molecule has 9 heteroatoms. The number of amides is 1. The summed E-state index contributed by atoms with van der Waals surface area (Å²) in [4.78, 5) is 23.8. The van der Waals surface area contributed by atoms with Crippen molar-refractivity contribution in [1.82, 2.24) is 19.4 Å². The van der Waals surface area contributed by atoms with E-state index in [4.69, 9.17) is 4.74 Å². The van der Waals surface area contributed by atoms with Gasteiger partial charge in [-0.2, -0.15) is 5.26 Å². The molecule has 3 aromatic rings. The highest BCUT2D eigenvalue weighted by Gasteiger charge is 2.40. The van der Waals surface area contributed by atoms with Crippen LogP contribution in [0.5, 0.6) is 0 Å². The molecule has 1 aliphatic carbocycles. The Kier molecular flexibility index (Phi) is 6.57. The maximum absolute atomic E-state index is 13.1. The number of nitrogens with one attached hydrogen (secondary N) is 1. The molecule has 0 aromatic carbocycles. The number of nitrogens with zero attached hydrogens (tertiary/aromatic N) is 5. The Morgan fingerprint density at radius 1 is 1.11 bits per heavy atom. The Labute approximate surface area is 203 Å². The zero-order chi connectivity index (χ0) is 24.3. The molecule has 3 aromatic heterocycles. The van der Waals surface area contributed by atoms with Gasteiger partial charge in [-0.25, -0.2) is 9.37 Å². The number of nitriles is 1. The van der Waals surface area contributed by atoms with Crippen LogP contribution in [-0.2, 0) is 10.2 Å². The van der Waals surface area contributed by atoms with Crippen molar-refractivity contribution in [2.75, 3.05) is 31.6 Å². The molecule has 0 radical (unpaired) electrons. The number of hydrogen-bond acceptors (Lipinski definition) is 6. The number of pyridine rings is 2. The highest BCUT2D eigenvalue weighted by Crippen LogP contribution is 2.40. The number of morpholine rings is 1. The smallest absolute Gasteiger partial charge is 0.257 e. The fourth-order valence-corrected chi connectivity index (χ4v) is 4.98. The monoisotopic (exact) mass is 474 g/mol. The first-order chi connectivity index (χ1) is 17.1. The lowest BCUT2D eigenvalue weighted by molar-refractivity contribution is 0.00493. The maximum Gasteiger partial charge on any atom is 0.257 e. The fraction of sp³-hybridized carbons (Fsp3) is 0.385. The first-order valence-corrected chi connectivity index (χ1v) is 11.9. The number of ether oxygens (including phenoxy) is 1. The van der Waals surface area contributed by atoms with Crippen LogP contribution in [0.15, 0.2) is 55.1 Å². The van der Waals surface area contributed by atoms with Crippen molar-refractivity contribution < 1.29 is 13.9 Å². The number of rotatable bonds is 5. The number of carbonyl (C=O) groups is 1. The molecule has 1 aliphatic heterocycles. The summed E-state index contributed by atoms with van der Waals surface area (Å²) >= 11 is 0. The molecule has 1 saturated heterocycles. The largest absolute Gasteiger partial charge is 0.379 e. The zero-order valence-corrected chi connectivity index (χ0v) is 19.4. The molecule has 5 rings (SSSR count). The summed E-state index contributed by atoms with van der Waals surface area (Å²) in [6.45, 7) is 3.48. The lowest BCUT2D eigenvalue weighted by Gasteiger charge is -2.41. The molecule has 35 heavy (non-hydrogen) atoms. The van der Waals surface area contributed by atoms with Gasteiger partial charge in [0.05, 0.1) is 54.0 Å². The molecule has 4 heterocycles. The van der Waals surface area contributed by atoms with Gasteiger partial charge in [0.2, 0.25) is 0 Å². The van der Waals surface area contributed by atoms with E-state index in [0.717, 1.165) is 63.9 Å². The molecule has 0 atom stereocenters. The van der Waals surface area contributed by atoms with Gasteiger partial charge in [0.25, 0.3) is 5.91 Å². The maximum atomic E-state index is 13.1. The Balaban J connectivity index is 1.22. The molecule has 0 bridgehead atoms. The van der Waals surface area contributed by atoms with Gasteiger partial charge in [0.15, 0.2) is 0 Å². The first-order valence-electron chi connectivity index (χ1n) is 11.9. The third-order valence-corrected chi connectivity index (χ3v) is 7.03. The number of anilines is 1. The quantitative estimate of drug-likeness (QED) is 0.606. The van der Waals surface area contributed by atoms with Gasteiger partial charge in [-0.1, -0.05) is 0 Å². The predicted octanol–water partition coefficient (Wildman–Crippen LogP) is 3.69. The van der Waals surface area contributed by atoms with E-state index in [0.29, 0.717) is 23.1 Å². The Bertz CT molecular complexity index is 1200. The molecular formula is C26H27FN6O2. The molecular weight excluding hydrogens is 447 g/mol. The second-order valence-electron chi connectivity index (χ2n) is 9.10. The highest BCUT2D eigenvalue weighted by atomic mass is 19.1. The minimum Gasteiger partial charge on any atom is -0.379 e. The molecule has 1 amide bonds. The van der Waals surface area contributed by atoms with Crippen molar-refractivity contribution in [2.24, 2.45) is 0 Å². The van der Waals surface area contributed by atoms with Crippen LogP contribution in [0.3, 0.4) is 0 Å². The van der Waals surface area contributed by atoms with Crippen LogP contribution < -0.4 is 5.32 Å². The van der Waals surface area contributed by atoms with E-state index in [1.807, 2.05) is 6.07 Å². The second kappa shape index (κ2) is 9.94.